The molecule has 3 nitrogen and oxygen atoms in total. The average molecular weight is 238 g/mol. The summed E-state index contributed by atoms with van der Waals surface area (Å²) in [5.74, 6) is 4.90. The first-order valence-corrected chi connectivity index (χ1v) is 6.16. The van der Waals surface area contributed by atoms with Crippen LogP contribution in [0.15, 0.2) is 29.2 Å². The second kappa shape index (κ2) is 5.92. The van der Waals surface area contributed by atoms with Crippen LogP contribution in [0.4, 0.5) is 0 Å². The molecule has 0 bridgehead atoms. The molecule has 0 heterocycles. The molecule has 0 aliphatic carbocycles. The summed E-state index contributed by atoms with van der Waals surface area (Å²) < 4.78 is 0. The number of hydrazine groups is 1. The Bertz CT molecular complexity index is 351. The number of aryl methyl sites for hydroxylation is 1. The predicted octanol–water partition coefficient (Wildman–Crippen LogP) is 2.10. The minimum Gasteiger partial charge on any atom is -0.294 e. The van der Waals surface area contributed by atoms with Crippen molar-refractivity contribution in [3.05, 3.63) is 29.8 Å². The Labute approximate surface area is 101 Å². The van der Waals surface area contributed by atoms with E-state index in [0.717, 1.165) is 0 Å². The summed E-state index contributed by atoms with van der Waals surface area (Å²) >= 11 is 1.69. The Morgan fingerprint density at radius 3 is 2.38 bits per heavy atom. The third-order valence-corrected chi connectivity index (χ3v) is 3.93. The first-order valence-electron chi connectivity index (χ1n) is 5.28. The van der Waals surface area contributed by atoms with E-state index in [4.69, 9.17) is 5.84 Å². The van der Waals surface area contributed by atoms with Gasteiger partial charge in [-0.1, -0.05) is 31.5 Å². The zero-order valence-corrected chi connectivity index (χ0v) is 10.7. The van der Waals surface area contributed by atoms with Crippen LogP contribution < -0.4 is 11.3 Å². The Balaban J connectivity index is 2.60. The van der Waals surface area contributed by atoms with E-state index >= 15 is 0 Å². The largest absolute Gasteiger partial charge is 0.294 e. The Morgan fingerprint density at radius 2 is 1.88 bits per heavy atom. The third kappa shape index (κ3) is 3.54. The fourth-order valence-corrected chi connectivity index (χ4v) is 2.33. The normalized spacial score (nSPS) is 14.2. The number of carbonyl (C=O) groups is 1. The highest BCUT2D eigenvalue weighted by molar-refractivity contribution is 8.00. The molecule has 0 aliphatic heterocycles. The van der Waals surface area contributed by atoms with Crippen molar-refractivity contribution in [3.8, 4) is 0 Å². The van der Waals surface area contributed by atoms with Crippen molar-refractivity contribution in [2.45, 2.75) is 30.9 Å². The molecule has 0 saturated carbocycles. The van der Waals surface area contributed by atoms with Crippen molar-refractivity contribution in [1.29, 1.82) is 0 Å². The standard InChI is InChI=1S/C12H18N2OS/c1-8-4-6-11(7-5-8)16-10(3)9(2)12(15)14-13/h4-7,9-10H,13H2,1-3H3,(H,14,15). The lowest BCUT2D eigenvalue weighted by Crippen LogP contribution is -2.38. The first-order chi connectivity index (χ1) is 7.54. The van der Waals surface area contributed by atoms with Crippen molar-refractivity contribution in [2.75, 3.05) is 0 Å². The van der Waals surface area contributed by atoms with Gasteiger partial charge in [0.25, 0.3) is 0 Å². The van der Waals surface area contributed by atoms with Crippen LogP contribution >= 0.6 is 11.8 Å². The maximum Gasteiger partial charge on any atom is 0.237 e. The van der Waals surface area contributed by atoms with Gasteiger partial charge in [0.05, 0.1) is 0 Å². The molecule has 1 aromatic carbocycles. The second-order valence-corrected chi connectivity index (χ2v) is 5.38. The van der Waals surface area contributed by atoms with E-state index in [1.807, 2.05) is 13.8 Å². The van der Waals surface area contributed by atoms with Crippen LogP contribution in [-0.4, -0.2) is 11.2 Å². The summed E-state index contributed by atoms with van der Waals surface area (Å²) in [4.78, 5) is 12.5. The topological polar surface area (TPSA) is 55.1 Å². The van der Waals surface area contributed by atoms with Gasteiger partial charge < -0.3 is 0 Å². The lowest BCUT2D eigenvalue weighted by molar-refractivity contribution is -0.124. The van der Waals surface area contributed by atoms with Crippen molar-refractivity contribution in [1.82, 2.24) is 5.43 Å². The van der Waals surface area contributed by atoms with Gasteiger partial charge in [0.1, 0.15) is 0 Å². The van der Waals surface area contributed by atoms with Gasteiger partial charge in [-0.3, -0.25) is 10.2 Å². The first kappa shape index (κ1) is 13.1. The van der Waals surface area contributed by atoms with Crippen LogP contribution in [0.25, 0.3) is 0 Å². The molecular weight excluding hydrogens is 220 g/mol. The van der Waals surface area contributed by atoms with Crippen molar-refractivity contribution >= 4 is 17.7 Å². The fraction of sp³-hybridized carbons (Fsp3) is 0.417. The molecule has 1 rings (SSSR count). The zero-order chi connectivity index (χ0) is 12.1. The molecule has 0 saturated heterocycles. The number of hydrogen-bond acceptors (Lipinski definition) is 3. The minimum atomic E-state index is -0.118. The van der Waals surface area contributed by atoms with E-state index < -0.39 is 0 Å². The van der Waals surface area contributed by atoms with Crippen LogP contribution in [-0.2, 0) is 4.79 Å². The van der Waals surface area contributed by atoms with Crippen LogP contribution in [0.5, 0.6) is 0 Å². The highest BCUT2D eigenvalue weighted by atomic mass is 32.2. The van der Waals surface area contributed by atoms with Gasteiger partial charge in [-0.05, 0) is 19.1 Å². The van der Waals surface area contributed by atoms with Gasteiger partial charge in [0.2, 0.25) is 5.91 Å². The van der Waals surface area contributed by atoms with E-state index in [0.29, 0.717) is 0 Å². The molecule has 16 heavy (non-hydrogen) atoms. The highest BCUT2D eigenvalue weighted by Crippen LogP contribution is 2.27. The Hall–Kier alpha value is -1.00. The summed E-state index contributed by atoms with van der Waals surface area (Å²) in [5, 5.41) is 0.200. The lowest BCUT2D eigenvalue weighted by Gasteiger charge is -2.17. The fourth-order valence-electron chi connectivity index (χ4n) is 1.28. The summed E-state index contributed by atoms with van der Waals surface area (Å²) in [6.45, 7) is 5.97. The third-order valence-electron chi connectivity index (χ3n) is 2.60. The molecule has 2 unspecified atom stereocenters. The summed E-state index contributed by atoms with van der Waals surface area (Å²) in [7, 11) is 0. The van der Waals surface area contributed by atoms with E-state index in [1.165, 1.54) is 10.5 Å². The van der Waals surface area contributed by atoms with Gasteiger partial charge in [-0.15, -0.1) is 11.8 Å². The van der Waals surface area contributed by atoms with Crippen LogP contribution in [0.1, 0.15) is 19.4 Å². The minimum absolute atomic E-state index is 0.101. The maximum absolute atomic E-state index is 11.3. The smallest absolute Gasteiger partial charge is 0.237 e. The summed E-state index contributed by atoms with van der Waals surface area (Å²) in [6.07, 6.45) is 0. The molecule has 0 aromatic heterocycles. The number of thioether (sulfide) groups is 1. The monoisotopic (exact) mass is 238 g/mol. The highest BCUT2D eigenvalue weighted by Gasteiger charge is 2.20. The van der Waals surface area contributed by atoms with E-state index in [2.05, 4.69) is 36.6 Å². The quantitative estimate of drug-likeness (QED) is 0.365. The number of nitrogens with one attached hydrogen (secondary N) is 1. The average Bonchev–Trinajstić information content (AvgIpc) is 2.30. The molecule has 0 fully saturated rings. The van der Waals surface area contributed by atoms with Gasteiger partial charge in [-0.25, -0.2) is 5.84 Å². The summed E-state index contributed by atoms with van der Waals surface area (Å²) in [6, 6.07) is 8.29. The second-order valence-electron chi connectivity index (χ2n) is 3.93. The van der Waals surface area contributed by atoms with Crippen molar-refractivity contribution < 1.29 is 4.79 Å². The van der Waals surface area contributed by atoms with E-state index in [-0.39, 0.29) is 17.1 Å². The van der Waals surface area contributed by atoms with Crippen molar-refractivity contribution in [2.24, 2.45) is 11.8 Å². The molecular formula is C12H18N2OS. The SMILES string of the molecule is Cc1ccc(SC(C)C(C)C(=O)NN)cc1. The molecule has 2 atom stereocenters. The number of benzene rings is 1. The van der Waals surface area contributed by atoms with E-state index in [1.54, 1.807) is 11.8 Å². The predicted molar refractivity (Wildman–Crippen MR) is 68.0 cm³/mol. The molecule has 3 N–H and O–H groups in total. The van der Waals surface area contributed by atoms with Crippen LogP contribution in [0.3, 0.4) is 0 Å². The lowest BCUT2D eigenvalue weighted by atomic mass is 10.1. The number of amides is 1. The van der Waals surface area contributed by atoms with Crippen LogP contribution in [0.2, 0.25) is 0 Å². The number of rotatable bonds is 4. The van der Waals surface area contributed by atoms with Gasteiger partial charge >= 0.3 is 0 Å². The molecule has 1 amide bonds. The van der Waals surface area contributed by atoms with E-state index in [9.17, 15) is 4.79 Å². The number of carbonyl (C=O) groups excluding carboxylic acids is 1. The molecule has 0 aliphatic rings. The van der Waals surface area contributed by atoms with Gasteiger partial charge in [0.15, 0.2) is 0 Å². The molecule has 0 spiro atoms. The Kier molecular flexibility index (Phi) is 4.83. The summed E-state index contributed by atoms with van der Waals surface area (Å²) in [5.41, 5.74) is 3.43. The molecule has 88 valence electrons. The number of hydrogen-bond donors (Lipinski definition) is 2. The zero-order valence-electron chi connectivity index (χ0n) is 9.86. The van der Waals surface area contributed by atoms with Gasteiger partial charge in [-0.2, -0.15) is 0 Å². The molecule has 4 heteroatoms. The molecule has 0 radical (unpaired) electrons. The van der Waals surface area contributed by atoms with Crippen LogP contribution in [0, 0.1) is 12.8 Å². The van der Waals surface area contributed by atoms with Crippen molar-refractivity contribution in [3.63, 3.8) is 0 Å². The molecule has 1 aromatic rings. The van der Waals surface area contributed by atoms with Gasteiger partial charge in [0, 0.05) is 16.1 Å². The number of nitrogens with two attached hydrogens (primary N) is 1. The maximum atomic E-state index is 11.3. The Morgan fingerprint density at radius 1 is 1.31 bits per heavy atom.